The Kier molecular flexibility index (Phi) is 7.97. The van der Waals surface area contributed by atoms with Gasteiger partial charge in [-0.05, 0) is 24.3 Å². The van der Waals surface area contributed by atoms with E-state index < -0.39 is 70.4 Å². The van der Waals surface area contributed by atoms with E-state index in [9.17, 15) is 31.0 Å². The smallest absolute Gasteiger partial charge is 0.280 e. The van der Waals surface area contributed by atoms with Gasteiger partial charge in [-0.25, -0.2) is 18.1 Å². The summed E-state index contributed by atoms with van der Waals surface area (Å²) in [5.41, 5.74) is 0.250. The number of nitrogens with zero attached hydrogens (tertiary/aromatic N) is 2. The first-order chi connectivity index (χ1) is 17.4. The Morgan fingerprint density at radius 3 is 2.46 bits per heavy atom. The highest BCUT2D eigenvalue weighted by atomic mass is 35.5. The van der Waals surface area contributed by atoms with Gasteiger partial charge in [-0.15, -0.1) is 0 Å². The highest BCUT2D eigenvalue weighted by Gasteiger charge is 2.47. The number of nitrogens with two attached hydrogens (primary N) is 1. The van der Waals surface area contributed by atoms with Crippen LogP contribution in [0.15, 0.2) is 53.4 Å². The molecule has 0 bridgehead atoms. The van der Waals surface area contributed by atoms with Crippen LogP contribution in [0.2, 0.25) is 5.02 Å². The molecule has 2 unspecified atom stereocenters. The van der Waals surface area contributed by atoms with Crippen LogP contribution < -0.4 is 20.1 Å². The molecule has 4 rings (SSSR count). The number of halogens is 3. The SMILES string of the molecule is NS(=O)c1cccc(N(C(=O)CNS(=O)(=O)N2CC2)C(C(=O)NC2CC(F)(F)C2)c2ccccc2Cl)c1. The predicted octanol–water partition coefficient (Wildman–Crippen LogP) is 1.46. The molecule has 200 valence electrons. The lowest BCUT2D eigenvalue weighted by Crippen LogP contribution is -2.55. The average Bonchev–Trinajstić information content (AvgIpc) is 3.67. The second-order valence-corrected chi connectivity index (χ2v) is 11.9. The van der Waals surface area contributed by atoms with E-state index in [-0.39, 0.29) is 21.2 Å². The van der Waals surface area contributed by atoms with Crippen molar-refractivity contribution in [3.8, 4) is 0 Å². The van der Waals surface area contributed by atoms with Crippen molar-refractivity contribution in [1.29, 1.82) is 0 Å². The molecule has 2 aromatic carbocycles. The summed E-state index contributed by atoms with van der Waals surface area (Å²) >= 11 is 6.39. The molecule has 1 saturated carbocycles. The minimum atomic E-state index is -3.91. The zero-order valence-electron chi connectivity index (χ0n) is 19.3. The molecular weight excluding hydrogens is 552 g/mol. The van der Waals surface area contributed by atoms with Gasteiger partial charge >= 0.3 is 0 Å². The Morgan fingerprint density at radius 2 is 1.86 bits per heavy atom. The van der Waals surface area contributed by atoms with Crippen LogP contribution in [-0.4, -0.2) is 60.3 Å². The van der Waals surface area contributed by atoms with E-state index >= 15 is 0 Å². The van der Waals surface area contributed by atoms with Crippen LogP contribution >= 0.6 is 11.6 Å². The molecule has 0 spiro atoms. The summed E-state index contributed by atoms with van der Waals surface area (Å²) in [6.45, 7) is -0.0902. The van der Waals surface area contributed by atoms with Crippen LogP contribution in [0.5, 0.6) is 0 Å². The number of hydrogen-bond donors (Lipinski definition) is 3. The minimum absolute atomic E-state index is 0.0752. The number of nitrogens with one attached hydrogen (secondary N) is 2. The van der Waals surface area contributed by atoms with Gasteiger partial charge in [0.25, 0.3) is 16.1 Å². The lowest BCUT2D eigenvalue weighted by Gasteiger charge is -2.38. The molecule has 1 aliphatic heterocycles. The third-order valence-corrected chi connectivity index (χ3v) is 8.51. The predicted molar refractivity (Wildman–Crippen MR) is 133 cm³/mol. The zero-order chi connectivity index (χ0) is 27.0. The highest BCUT2D eigenvalue weighted by molar-refractivity contribution is 7.87. The number of rotatable bonds is 10. The fourth-order valence-corrected chi connectivity index (χ4v) is 5.68. The van der Waals surface area contributed by atoms with Gasteiger partial charge in [0.05, 0.1) is 11.4 Å². The molecule has 0 radical (unpaired) electrons. The average molecular weight is 576 g/mol. The fourth-order valence-electron chi connectivity index (χ4n) is 3.94. The zero-order valence-corrected chi connectivity index (χ0v) is 21.7. The molecule has 1 saturated heterocycles. The summed E-state index contributed by atoms with van der Waals surface area (Å²) in [6.07, 6.45) is -1.11. The van der Waals surface area contributed by atoms with Crippen LogP contribution in [0.3, 0.4) is 0 Å². The van der Waals surface area contributed by atoms with Crippen LogP contribution in [0.4, 0.5) is 14.5 Å². The molecule has 0 aromatic heterocycles. The Bertz CT molecular complexity index is 1330. The van der Waals surface area contributed by atoms with E-state index in [1.165, 1.54) is 36.4 Å². The van der Waals surface area contributed by atoms with Crippen molar-refractivity contribution < 1.29 is 31.0 Å². The van der Waals surface area contributed by atoms with E-state index in [4.69, 9.17) is 16.7 Å². The number of benzene rings is 2. The Hall–Kier alpha value is -2.49. The molecule has 4 N–H and O–H groups in total. The lowest BCUT2D eigenvalue weighted by atomic mass is 9.87. The third-order valence-electron chi connectivity index (χ3n) is 5.89. The topological polar surface area (TPSA) is 142 Å². The van der Waals surface area contributed by atoms with Crippen molar-refractivity contribution in [3.05, 3.63) is 59.1 Å². The molecule has 2 fully saturated rings. The number of amides is 2. The van der Waals surface area contributed by atoms with E-state index in [2.05, 4.69) is 10.0 Å². The first-order valence-electron chi connectivity index (χ1n) is 11.1. The van der Waals surface area contributed by atoms with Crippen molar-refractivity contribution in [2.45, 2.75) is 35.7 Å². The Labute approximate surface area is 219 Å². The number of carbonyl (C=O) groups excluding carboxylic acids is 2. The van der Waals surface area contributed by atoms with Crippen molar-refractivity contribution in [2.75, 3.05) is 24.5 Å². The van der Waals surface area contributed by atoms with Crippen molar-refractivity contribution in [2.24, 2.45) is 5.14 Å². The molecule has 2 aromatic rings. The normalized spacial score (nSPS) is 18.9. The quantitative estimate of drug-likeness (QED) is 0.368. The largest absolute Gasteiger partial charge is 0.351 e. The van der Waals surface area contributed by atoms with Gasteiger partial charge in [-0.1, -0.05) is 35.9 Å². The summed E-state index contributed by atoms with van der Waals surface area (Å²) in [5, 5.41) is 8.15. The number of hydrogen-bond acceptors (Lipinski definition) is 5. The van der Waals surface area contributed by atoms with Gasteiger partial charge in [0.15, 0.2) is 0 Å². The van der Waals surface area contributed by atoms with E-state index in [1.807, 2.05) is 0 Å². The summed E-state index contributed by atoms with van der Waals surface area (Å²) in [6, 6.07) is 9.56. The van der Waals surface area contributed by atoms with Gasteiger partial charge in [-0.3, -0.25) is 14.5 Å². The van der Waals surface area contributed by atoms with E-state index in [1.54, 1.807) is 12.1 Å². The number of alkyl halides is 2. The molecule has 1 heterocycles. The van der Waals surface area contributed by atoms with Crippen molar-refractivity contribution in [1.82, 2.24) is 14.3 Å². The van der Waals surface area contributed by atoms with E-state index in [0.29, 0.717) is 13.1 Å². The summed E-state index contributed by atoms with van der Waals surface area (Å²) < 4.78 is 66.7. The molecule has 37 heavy (non-hydrogen) atoms. The van der Waals surface area contributed by atoms with Crippen LogP contribution in [0.25, 0.3) is 0 Å². The molecule has 10 nitrogen and oxygen atoms in total. The molecule has 2 aliphatic rings. The minimum Gasteiger partial charge on any atom is -0.351 e. The number of carbonyl (C=O) groups is 2. The first-order valence-corrected chi connectivity index (χ1v) is 14.2. The van der Waals surface area contributed by atoms with Crippen LogP contribution in [-0.2, 0) is 30.8 Å². The second kappa shape index (κ2) is 10.7. The summed E-state index contributed by atoms with van der Waals surface area (Å²) in [7, 11) is -5.84. The van der Waals surface area contributed by atoms with E-state index in [0.717, 1.165) is 9.21 Å². The second-order valence-electron chi connectivity index (χ2n) is 8.68. The molecule has 2 amide bonds. The van der Waals surface area contributed by atoms with Crippen LogP contribution in [0.1, 0.15) is 24.4 Å². The van der Waals surface area contributed by atoms with Gasteiger partial charge < -0.3 is 5.32 Å². The first kappa shape index (κ1) is 27.5. The van der Waals surface area contributed by atoms with Gasteiger partial charge in [-0.2, -0.15) is 17.4 Å². The maximum atomic E-state index is 13.5. The highest BCUT2D eigenvalue weighted by Crippen LogP contribution is 2.39. The van der Waals surface area contributed by atoms with Gasteiger partial charge in [0.2, 0.25) is 11.8 Å². The fraction of sp³-hybridized carbons (Fsp3) is 0.364. The number of anilines is 1. The maximum absolute atomic E-state index is 13.5. The molecule has 15 heteroatoms. The van der Waals surface area contributed by atoms with Crippen molar-refractivity contribution >= 4 is 50.3 Å². The lowest BCUT2D eigenvalue weighted by molar-refractivity contribution is -0.132. The monoisotopic (exact) mass is 575 g/mol. The summed E-state index contributed by atoms with van der Waals surface area (Å²) in [4.78, 5) is 28.2. The maximum Gasteiger partial charge on any atom is 0.280 e. The Balaban J connectivity index is 1.74. The Morgan fingerprint density at radius 1 is 1.19 bits per heavy atom. The van der Waals surface area contributed by atoms with Crippen LogP contribution in [0, 0.1) is 0 Å². The third kappa shape index (κ3) is 6.51. The molecule has 1 aliphatic carbocycles. The van der Waals surface area contributed by atoms with Gasteiger partial charge in [0.1, 0.15) is 17.0 Å². The van der Waals surface area contributed by atoms with Gasteiger partial charge in [0, 0.05) is 48.2 Å². The standard InChI is InChI=1S/C22H24ClF2N5O5S2/c23-18-7-2-1-6-17(18)20(21(32)28-14-11-22(24,25)12-14)30(15-4-3-5-16(10-15)36(26)33)19(31)13-27-37(34,35)29-8-9-29/h1-7,10,14,20,27H,8-9,11-13,26H2,(H,28,32). The molecule has 2 atom stereocenters. The summed E-state index contributed by atoms with van der Waals surface area (Å²) in [5.74, 6) is -4.54. The molecular formula is C22H24ClF2N5O5S2. The van der Waals surface area contributed by atoms with Crippen molar-refractivity contribution in [3.63, 3.8) is 0 Å².